The summed E-state index contributed by atoms with van der Waals surface area (Å²) in [5.74, 6) is 1.06. The fourth-order valence-corrected chi connectivity index (χ4v) is 4.71. The van der Waals surface area contributed by atoms with E-state index >= 15 is 0 Å². The molecule has 0 spiro atoms. The van der Waals surface area contributed by atoms with Crippen LogP contribution in [0.4, 0.5) is 13.2 Å². The van der Waals surface area contributed by atoms with Crippen LogP contribution in [0.25, 0.3) is 33.4 Å². The molecule has 0 radical (unpaired) electrons. The maximum Gasteiger partial charge on any atom is 0.417 e. The molecule has 186 valence electrons. The van der Waals surface area contributed by atoms with Crippen molar-refractivity contribution in [1.82, 2.24) is 24.1 Å². The number of fused-ring (bicyclic) bond motifs is 2. The normalized spacial score (nSPS) is 11.7. The molecule has 37 heavy (non-hydrogen) atoms. The van der Waals surface area contributed by atoms with Gasteiger partial charge in [0.05, 0.1) is 46.4 Å². The number of benzene rings is 2. The van der Waals surface area contributed by atoms with Crippen LogP contribution in [-0.2, 0) is 12.6 Å². The van der Waals surface area contributed by atoms with Gasteiger partial charge in [-0.05, 0) is 67.2 Å². The van der Waals surface area contributed by atoms with Crippen LogP contribution >= 0.6 is 12.2 Å². The van der Waals surface area contributed by atoms with E-state index < -0.39 is 17.3 Å². The van der Waals surface area contributed by atoms with Crippen molar-refractivity contribution in [2.75, 3.05) is 7.11 Å². The lowest BCUT2D eigenvalue weighted by Crippen LogP contribution is -2.09. The maximum absolute atomic E-state index is 13.7. The Kier molecular flexibility index (Phi) is 5.92. The first-order chi connectivity index (χ1) is 17.7. The quantitative estimate of drug-likeness (QED) is 0.260. The van der Waals surface area contributed by atoms with Crippen molar-refractivity contribution in [3.05, 3.63) is 75.9 Å². The molecule has 5 aromatic rings. The minimum Gasteiger partial charge on any atom is -0.480 e. The summed E-state index contributed by atoms with van der Waals surface area (Å²) < 4.78 is 50.1. The molecule has 0 atom stereocenters. The third-order valence-corrected chi connectivity index (χ3v) is 6.44. The Hall–Kier alpha value is -4.30. The number of nitrogens with zero attached hydrogens (tertiary/aromatic N) is 6. The molecule has 0 aliphatic heterocycles. The number of hydrogen-bond donors (Lipinski definition) is 0. The first kappa shape index (κ1) is 24.4. The van der Waals surface area contributed by atoms with Crippen LogP contribution in [0, 0.1) is 23.0 Å². The molecule has 5 rings (SSSR count). The van der Waals surface area contributed by atoms with Gasteiger partial charge in [-0.25, -0.2) is 9.97 Å². The lowest BCUT2D eigenvalue weighted by molar-refractivity contribution is -0.137. The van der Waals surface area contributed by atoms with E-state index in [4.69, 9.17) is 17.0 Å². The van der Waals surface area contributed by atoms with Crippen LogP contribution in [0.2, 0.25) is 0 Å². The highest BCUT2D eigenvalue weighted by Gasteiger charge is 2.34. The minimum absolute atomic E-state index is 0.146. The standard InChI is InChI=1S/C26H19F3N6OS/c1-4-21-32-20-8-7-16(11-18(20)24(33-21)36-3)34-22-14(2)9-10-31-23(22)35(25(34)37)17-6-5-15(13-30)19(12-17)26(27,28)29/h5-12H,4H2,1-3H3. The maximum atomic E-state index is 13.7. The van der Waals surface area contributed by atoms with E-state index in [9.17, 15) is 18.4 Å². The van der Waals surface area contributed by atoms with Gasteiger partial charge in [-0.3, -0.25) is 9.13 Å². The van der Waals surface area contributed by atoms with Crippen LogP contribution in [-0.4, -0.2) is 31.2 Å². The predicted molar refractivity (Wildman–Crippen MR) is 135 cm³/mol. The Morgan fingerprint density at radius 2 is 1.78 bits per heavy atom. The summed E-state index contributed by atoms with van der Waals surface area (Å²) in [6, 6.07) is 12.4. The molecule has 0 bridgehead atoms. The smallest absolute Gasteiger partial charge is 0.417 e. The van der Waals surface area contributed by atoms with Gasteiger partial charge in [-0.15, -0.1) is 0 Å². The molecule has 3 aromatic heterocycles. The lowest BCUT2D eigenvalue weighted by Gasteiger charge is -2.12. The molecule has 0 fully saturated rings. The van der Waals surface area contributed by atoms with Gasteiger partial charge in [0.1, 0.15) is 5.82 Å². The molecule has 7 nitrogen and oxygen atoms in total. The third kappa shape index (κ3) is 3.99. The summed E-state index contributed by atoms with van der Waals surface area (Å²) in [4.78, 5) is 13.5. The second-order valence-corrected chi connectivity index (χ2v) is 8.66. The third-order valence-electron chi connectivity index (χ3n) is 6.07. The Labute approximate surface area is 214 Å². The van der Waals surface area contributed by atoms with Gasteiger partial charge in [0.2, 0.25) is 5.88 Å². The Morgan fingerprint density at radius 1 is 1.05 bits per heavy atom. The van der Waals surface area contributed by atoms with Crippen molar-refractivity contribution < 1.29 is 17.9 Å². The first-order valence-corrected chi connectivity index (χ1v) is 11.6. The number of halogens is 3. The predicted octanol–water partition coefficient (Wildman–Crippen LogP) is 6.26. The van der Waals surface area contributed by atoms with Gasteiger partial charge in [0, 0.05) is 18.3 Å². The Morgan fingerprint density at radius 3 is 2.46 bits per heavy atom. The number of aromatic nitrogens is 5. The number of ether oxygens (including phenoxy) is 1. The Balaban J connectivity index is 1.83. The van der Waals surface area contributed by atoms with Crippen molar-refractivity contribution in [2.45, 2.75) is 26.4 Å². The Bertz CT molecular complexity index is 1800. The molecule has 0 unspecified atom stereocenters. The second kappa shape index (κ2) is 8.97. The van der Waals surface area contributed by atoms with E-state index in [1.54, 1.807) is 22.9 Å². The van der Waals surface area contributed by atoms with E-state index in [0.29, 0.717) is 45.9 Å². The van der Waals surface area contributed by atoms with E-state index in [-0.39, 0.29) is 10.5 Å². The van der Waals surface area contributed by atoms with Crippen LogP contribution in [0.15, 0.2) is 48.7 Å². The van der Waals surface area contributed by atoms with Gasteiger partial charge >= 0.3 is 6.18 Å². The van der Waals surface area contributed by atoms with Crippen molar-refractivity contribution in [3.8, 4) is 23.3 Å². The SMILES string of the molecule is CCc1nc(OC)c2cc(-n3c(=S)n(-c4ccc(C#N)c(C(F)(F)F)c4)c4nccc(C)c43)ccc2n1. The van der Waals surface area contributed by atoms with Crippen LogP contribution < -0.4 is 4.74 Å². The topological polar surface area (TPSA) is 81.5 Å². The van der Waals surface area contributed by atoms with E-state index in [2.05, 4.69) is 15.0 Å². The number of methoxy groups -OCH3 is 1. The zero-order chi connectivity index (χ0) is 26.5. The minimum atomic E-state index is -4.71. The fourth-order valence-electron chi connectivity index (χ4n) is 4.33. The summed E-state index contributed by atoms with van der Waals surface area (Å²) >= 11 is 5.82. The average molecular weight is 521 g/mol. The number of pyridine rings is 1. The van der Waals surface area contributed by atoms with Gasteiger partial charge in [0.15, 0.2) is 10.4 Å². The molecule has 11 heteroatoms. The van der Waals surface area contributed by atoms with Crippen molar-refractivity contribution >= 4 is 34.3 Å². The van der Waals surface area contributed by atoms with Gasteiger partial charge in [-0.2, -0.15) is 23.4 Å². The molecular formula is C26H19F3N6OS. The molecule has 0 aliphatic rings. The summed E-state index contributed by atoms with van der Waals surface area (Å²) in [6.45, 7) is 3.82. The average Bonchev–Trinajstić information content (AvgIpc) is 3.19. The van der Waals surface area contributed by atoms with Crippen LogP contribution in [0.3, 0.4) is 0 Å². The molecule has 0 amide bonds. The highest BCUT2D eigenvalue weighted by molar-refractivity contribution is 7.71. The zero-order valence-electron chi connectivity index (χ0n) is 20.0. The summed E-state index contributed by atoms with van der Waals surface area (Å²) in [5.41, 5.74) is 1.82. The summed E-state index contributed by atoms with van der Waals surface area (Å²) in [5, 5.41) is 9.87. The number of hydrogen-bond acceptors (Lipinski definition) is 6. The van der Waals surface area contributed by atoms with Gasteiger partial charge in [-0.1, -0.05) is 6.92 Å². The number of nitriles is 1. The summed E-state index contributed by atoms with van der Waals surface area (Å²) in [7, 11) is 1.53. The molecular weight excluding hydrogens is 501 g/mol. The van der Waals surface area contributed by atoms with Crippen LogP contribution in [0.1, 0.15) is 29.4 Å². The molecule has 3 heterocycles. The molecule has 0 saturated heterocycles. The van der Waals surface area contributed by atoms with Crippen molar-refractivity contribution in [2.24, 2.45) is 0 Å². The van der Waals surface area contributed by atoms with E-state index in [1.807, 2.05) is 32.0 Å². The van der Waals surface area contributed by atoms with Crippen molar-refractivity contribution in [1.29, 1.82) is 5.26 Å². The molecule has 0 saturated carbocycles. The molecule has 0 N–H and O–H groups in total. The highest BCUT2D eigenvalue weighted by Crippen LogP contribution is 2.35. The fraction of sp³-hybridized carbons (Fsp3) is 0.192. The zero-order valence-corrected chi connectivity index (χ0v) is 20.8. The number of rotatable bonds is 4. The first-order valence-electron chi connectivity index (χ1n) is 11.2. The largest absolute Gasteiger partial charge is 0.480 e. The van der Waals surface area contributed by atoms with E-state index in [1.165, 1.54) is 17.7 Å². The second-order valence-electron chi connectivity index (χ2n) is 8.30. The van der Waals surface area contributed by atoms with E-state index in [0.717, 1.165) is 17.7 Å². The monoisotopic (exact) mass is 520 g/mol. The number of imidazole rings is 1. The van der Waals surface area contributed by atoms with Gasteiger partial charge in [0.25, 0.3) is 0 Å². The van der Waals surface area contributed by atoms with Crippen LogP contribution in [0.5, 0.6) is 5.88 Å². The summed E-state index contributed by atoms with van der Waals surface area (Å²) in [6.07, 6.45) is -2.50. The molecule has 0 aliphatic carbocycles. The highest BCUT2D eigenvalue weighted by atomic mass is 32.1. The number of aryl methyl sites for hydroxylation is 2. The molecule has 2 aromatic carbocycles. The lowest BCUT2D eigenvalue weighted by atomic mass is 10.1. The van der Waals surface area contributed by atoms with Gasteiger partial charge < -0.3 is 4.74 Å². The number of alkyl halides is 3. The van der Waals surface area contributed by atoms with Crippen molar-refractivity contribution in [3.63, 3.8) is 0 Å².